The number of likely N-dealkylation sites (N-methyl/N-ethyl adjacent to an activating group) is 1. The number of carboxylic acids is 3. The van der Waals surface area contributed by atoms with Gasteiger partial charge in [0.25, 0.3) is 5.91 Å². The number of aliphatic carboxylic acids is 3. The van der Waals surface area contributed by atoms with Gasteiger partial charge < -0.3 is 92.5 Å². The van der Waals surface area contributed by atoms with Crippen LogP contribution in [0.2, 0.25) is 0 Å². The Kier molecular flexibility index (Phi) is 45.5. The molecule has 0 radical (unpaired) electrons. The van der Waals surface area contributed by atoms with Crippen LogP contribution in [0.3, 0.4) is 0 Å². The molecule has 3 unspecified atom stereocenters. The Bertz CT molecular complexity index is 4940. The molecular formula is C82H118N18O28S5. The fraction of sp³-hybridized carbons (Fsp3) is 0.549. The predicted octanol–water partition coefficient (Wildman–Crippen LogP) is -0.0169. The highest BCUT2D eigenvalue weighted by Crippen LogP contribution is 2.36. The van der Waals surface area contributed by atoms with Crippen molar-refractivity contribution in [2.45, 2.75) is 170 Å². The smallest absolute Gasteiger partial charge is 0.426 e. The van der Waals surface area contributed by atoms with Crippen molar-refractivity contribution in [1.29, 1.82) is 0 Å². The minimum absolute atomic E-state index is 0.0444. The fourth-order valence-electron chi connectivity index (χ4n) is 13.8. The number of carbonyl (C=O) groups excluding carboxylic acids is 13. The number of nitrogens with one attached hydrogen (secondary N) is 10. The maximum atomic E-state index is 15.0. The molecule has 1 aliphatic heterocycles. The molecule has 46 nitrogen and oxygen atoms in total. The molecule has 0 saturated carbocycles. The third kappa shape index (κ3) is 38.7. The molecule has 10 atom stereocenters. The van der Waals surface area contributed by atoms with Gasteiger partial charge in [0, 0.05) is 99.3 Å². The van der Waals surface area contributed by atoms with Gasteiger partial charge in [0.2, 0.25) is 73.2 Å². The molecule has 2 aliphatic rings. The number of anilines is 2. The zero-order valence-electron chi connectivity index (χ0n) is 74.5. The van der Waals surface area contributed by atoms with Crippen LogP contribution in [-0.4, -0.2) is 304 Å². The average Bonchev–Trinajstić information content (AvgIpc) is 1.77. The second-order valence-corrected chi connectivity index (χ2v) is 38.4. The minimum atomic E-state index is -4.07. The van der Waals surface area contributed by atoms with Crippen LogP contribution in [0, 0.1) is 17.8 Å². The lowest BCUT2D eigenvalue weighted by atomic mass is 9.79. The van der Waals surface area contributed by atoms with Gasteiger partial charge in [-0.1, -0.05) is 75.1 Å². The number of hydrogen-bond donors (Lipinski definition) is 17. The quantitative estimate of drug-likeness (QED) is 0.00690. The molecule has 3 aromatic carbocycles. The van der Waals surface area contributed by atoms with E-state index in [2.05, 4.69) is 58.4 Å². The summed E-state index contributed by atoms with van der Waals surface area (Å²) in [6.45, 7) is 6.26. The van der Waals surface area contributed by atoms with Crippen LogP contribution < -0.4 is 69.4 Å². The van der Waals surface area contributed by atoms with Crippen LogP contribution in [0.1, 0.15) is 144 Å². The van der Waals surface area contributed by atoms with Gasteiger partial charge in [-0.2, -0.15) is 0 Å². The van der Waals surface area contributed by atoms with Crippen LogP contribution in [0.15, 0.2) is 81.9 Å². The summed E-state index contributed by atoms with van der Waals surface area (Å²) in [5.74, 6) is -15.9. The average molecular weight is 1960 g/mol. The summed E-state index contributed by atoms with van der Waals surface area (Å²) < 4.78 is 69.1. The molecule has 1 aliphatic carbocycles. The van der Waals surface area contributed by atoms with E-state index in [9.17, 15) is 109 Å². The van der Waals surface area contributed by atoms with Crippen LogP contribution in [0.4, 0.5) is 16.2 Å². The molecule has 6 rings (SSSR count). The van der Waals surface area contributed by atoms with Crippen molar-refractivity contribution < 1.29 is 133 Å². The molecule has 1 saturated heterocycles. The molecule has 4 aromatic rings. The van der Waals surface area contributed by atoms with E-state index in [0.717, 1.165) is 70.0 Å². The zero-order chi connectivity index (χ0) is 98.4. The van der Waals surface area contributed by atoms with Gasteiger partial charge >= 0.3 is 35.9 Å². The molecule has 0 bridgehead atoms. The van der Waals surface area contributed by atoms with E-state index in [-0.39, 0.29) is 138 Å². The standard InChI is InChI=1S/C82H118N18O28S5/c1-8-12-72(111)127-46-100(80(117)73(48(5)9-2)94-78(116)63-13-10-11-26-97(63)7)64(47(3)4)37-65(128-49(6)101)79-93-62(45-129-79)77(115)91-54-33-50-14-19-55(102)35-58(50)59(34-54)74(112)95-96-82(120)126-31-32-130-131-44-51(81(118)119)38-88-76(114)61(36-70(107)108)92-75(113)60(83)39-87-66(103)24-29-125-30-25-86-67(104)40-98(41-68(105)89-52-15-20-56(21-16-52)132(84,121)122)27-28-99(43-71(109)110)42-69(106)90-53-17-22-57(23-18-53)133(85,123)124/h14-23,35,45,47-48,51,54,59-61,63-65,73,102H,8-13,24-34,36-44,46,83H2,1-7H3,(H,86,104)(H,87,103)(H,88,114)(H,89,105)(H,90,106)(H,91,115)(H,92,113)(H,94,116)(H,95,112)(H,96,120)(H,107,108)(H,109,110)(H,118,119)(H2,84,121,122)(H2,85,123,124)/t48?,51-,54?,59-,60-,61+,63?,64-,65-,73+/m0/s1. The number of fused-ring (bicyclic) bond motifs is 1. The molecule has 20 N–H and O–H groups in total. The number of thiazole rings is 1. The van der Waals surface area contributed by atoms with Crippen molar-refractivity contribution in [3.05, 3.63) is 93.9 Å². The number of rotatable bonds is 55. The third-order valence-corrected chi connectivity index (χ3v) is 26.2. The van der Waals surface area contributed by atoms with E-state index < -0.39 is 216 Å². The summed E-state index contributed by atoms with van der Waals surface area (Å²) in [6.07, 6.45) is 0.0259. The first kappa shape index (κ1) is 110. The predicted molar refractivity (Wildman–Crippen MR) is 483 cm³/mol. The van der Waals surface area contributed by atoms with Gasteiger partial charge in [-0.3, -0.25) is 92.0 Å². The molecule has 51 heteroatoms. The Labute approximate surface area is 780 Å². The van der Waals surface area contributed by atoms with Crippen molar-refractivity contribution in [2.24, 2.45) is 33.8 Å². The highest BCUT2D eigenvalue weighted by Gasteiger charge is 2.41. The Hall–Kier alpha value is -11.3. The maximum absolute atomic E-state index is 15.0. The first-order valence-corrected chi connectivity index (χ1v) is 48.9. The first-order chi connectivity index (χ1) is 62.8. The number of esters is 2. The summed E-state index contributed by atoms with van der Waals surface area (Å²) >= 11 is 1.01. The second kappa shape index (κ2) is 54.8. The molecule has 1 aromatic heterocycles. The minimum Gasteiger partial charge on any atom is -0.508 e. The number of aromatic hydroxyl groups is 1. The number of nitrogens with zero attached hydrogens (tertiary/aromatic N) is 5. The number of carbonyl (C=O) groups is 16. The number of hydrazine groups is 1. The lowest BCUT2D eigenvalue weighted by Gasteiger charge is -2.39. The molecule has 2 heterocycles. The topological polar surface area (TPSA) is 683 Å². The van der Waals surface area contributed by atoms with E-state index in [4.69, 9.17) is 35.0 Å². The Morgan fingerprint density at radius 2 is 1.33 bits per heavy atom. The van der Waals surface area contributed by atoms with Crippen molar-refractivity contribution in [2.75, 3.05) is 121 Å². The summed E-state index contributed by atoms with van der Waals surface area (Å²) in [5.41, 5.74) is 11.7. The number of amides is 11. The highest BCUT2D eigenvalue weighted by molar-refractivity contribution is 8.76. The largest absolute Gasteiger partial charge is 0.508 e. The van der Waals surface area contributed by atoms with E-state index in [0.29, 0.717) is 36.9 Å². The van der Waals surface area contributed by atoms with Gasteiger partial charge in [-0.05, 0) is 129 Å². The van der Waals surface area contributed by atoms with Crippen molar-refractivity contribution in [3.8, 4) is 5.75 Å². The van der Waals surface area contributed by atoms with Gasteiger partial charge in [0.1, 0.15) is 41.2 Å². The Balaban J connectivity index is 0.921. The monoisotopic (exact) mass is 1960 g/mol. The SMILES string of the molecule is CCCC(=O)OCN(C(=O)[C@H](NC(=O)C1CCCCN1C)C(C)CC)[C@@H](C[C@H](OC(C)=O)c1nc(C(=O)NC2Cc3ccc(O)cc3[C@@H](C(=O)NNC(=O)OCCSSC[C@H](CNC(=O)[C@@H](CC(=O)O)NC(=O)[C@@H](N)CNC(=O)CCOCCNC(=O)CN(CCN(CC(=O)O)CC(=O)Nc3ccc(S(N)(=O)=O)cc3)CC(=O)Nc3ccc(S(N)(=O)=O)cc3)C(=O)O)C2)cs1)C(C)C. The lowest BCUT2D eigenvalue weighted by molar-refractivity contribution is -0.161. The van der Waals surface area contributed by atoms with Gasteiger partial charge in [0.05, 0.1) is 73.5 Å². The van der Waals surface area contributed by atoms with Gasteiger partial charge in [-0.25, -0.2) is 42.3 Å². The van der Waals surface area contributed by atoms with Crippen LogP contribution in [-0.2, 0) is 113 Å². The van der Waals surface area contributed by atoms with Crippen LogP contribution in [0.5, 0.6) is 5.75 Å². The number of piperidine rings is 1. The number of phenolic OH excluding ortho intramolecular Hbond substituents is 1. The number of benzene rings is 3. The Morgan fingerprint density at radius 1 is 0.699 bits per heavy atom. The maximum Gasteiger partial charge on any atom is 0.426 e. The van der Waals surface area contributed by atoms with Crippen LogP contribution >= 0.6 is 32.9 Å². The van der Waals surface area contributed by atoms with Gasteiger partial charge in [0.15, 0.2) is 12.8 Å². The third-order valence-electron chi connectivity index (χ3n) is 21.0. The first-order valence-electron chi connectivity index (χ1n) is 42.4. The zero-order valence-corrected chi connectivity index (χ0v) is 78.5. The normalized spacial score (nSPS) is 16.0. The van der Waals surface area contributed by atoms with Crippen LogP contribution in [0.25, 0.3) is 0 Å². The second-order valence-electron chi connectivity index (χ2n) is 31.8. The Morgan fingerprint density at radius 3 is 1.91 bits per heavy atom. The number of likely N-dealkylation sites (tertiary alicyclic amines) is 1. The van der Waals surface area contributed by atoms with Crippen molar-refractivity contribution in [3.63, 3.8) is 0 Å². The van der Waals surface area contributed by atoms with Crippen molar-refractivity contribution in [1.82, 2.24) is 67.3 Å². The summed E-state index contributed by atoms with van der Waals surface area (Å²) in [7, 11) is -4.18. The number of primary sulfonamides is 2. The molecule has 734 valence electrons. The summed E-state index contributed by atoms with van der Waals surface area (Å²) in [6, 6.07) is 7.69. The number of carboxylic acid groups (broad SMARTS) is 3. The number of sulfonamides is 2. The lowest BCUT2D eigenvalue weighted by Crippen LogP contribution is -2.59. The van der Waals surface area contributed by atoms with E-state index in [1.165, 1.54) is 63.4 Å². The number of aromatic nitrogens is 1. The molecule has 1 fully saturated rings. The summed E-state index contributed by atoms with van der Waals surface area (Å²) in [5, 5.41) is 72.2. The number of hydrogen-bond acceptors (Lipinski definition) is 33. The van der Waals surface area contributed by atoms with Gasteiger partial charge in [-0.15, -0.1) is 11.3 Å². The number of ether oxygens (including phenoxy) is 4. The van der Waals surface area contributed by atoms with E-state index in [1.54, 1.807) is 13.0 Å². The molecular weight excluding hydrogens is 1850 g/mol. The molecule has 0 spiro atoms. The van der Waals surface area contributed by atoms with E-state index in [1.807, 2.05) is 39.6 Å². The molecule has 133 heavy (non-hydrogen) atoms. The fourth-order valence-corrected chi connectivity index (χ4v) is 17.8. The number of phenols is 1. The summed E-state index contributed by atoms with van der Waals surface area (Å²) in [4.78, 5) is 220. The van der Waals surface area contributed by atoms with E-state index >= 15 is 4.79 Å². The number of nitrogens with two attached hydrogens (primary N) is 3. The highest BCUT2D eigenvalue weighted by atomic mass is 33.1. The molecule has 11 amide bonds. The van der Waals surface area contributed by atoms with Crippen molar-refractivity contribution >= 4 is 159 Å².